The number of hydrogen-bond donors (Lipinski definition) is 0. The smallest absolute Gasteiger partial charge is 0.477 e. The van der Waals surface area contributed by atoms with Gasteiger partial charge in [-0.1, -0.05) is 12.1 Å². The number of nitrogens with zero attached hydrogens (tertiary/aromatic N) is 1. The van der Waals surface area contributed by atoms with Crippen LogP contribution in [-0.2, 0) is 24.9 Å². The molecule has 0 atom stereocenters. The molecule has 1 heterocycles. The molecule has 8 nitrogen and oxygen atoms in total. The van der Waals surface area contributed by atoms with E-state index in [1.807, 2.05) is 0 Å². The van der Waals surface area contributed by atoms with E-state index in [0.717, 1.165) is 0 Å². The van der Waals surface area contributed by atoms with Crippen molar-refractivity contribution >= 4 is 18.7 Å². The zero-order chi connectivity index (χ0) is 27.6. The second-order valence-corrected chi connectivity index (χ2v) is 11.9. The third-order valence-corrected chi connectivity index (χ3v) is 6.94. The van der Waals surface area contributed by atoms with E-state index < -0.39 is 30.3 Å². The second-order valence-electron chi connectivity index (χ2n) is 10.4. The van der Waals surface area contributed by atoms with Gasteiger partial charge in [0.15, 0.2) is 5.43 Å². The van der Waals surface area contributed by atoms with Crippen LogP contribution in [0.25, 0.3) is 22.0 Å². The molecule has 0 amide bonds. The van der Waals surface area contributed by atoms with Gasteiger partial charge in [0.05, 0.1) is 35.8 Å². The Balaban J connectivity index is 2.21. The third-order valence-electron chi connectivity index (χ3n) is 4.96. The minimum absolute atomic E-state index is 0.169. The van der Waals surface area contributed by atoms with E-state index >= 15 is 4.39 Å². The summed E-state index contributed by atoms with van der Waals surface area (Å²) >= 11 is 0. The lowest BCUT2D eigenvalue weighted by Crippen LogP contribution is -2.25. The predicted molar refractivity (Wildman–Crippen MR) is 142 cm³/mol. The fourth-order valence-electron chi connectivity index (χ4n) is 3.69. The minimum Gasteiger partial charge on any atom is -0.497 e. The second kappa shape index (κ2) is 11.0. The molecule has 2 aromatic carbocycles. The number of ether oxygens (including phenoxy) is 2. The van der Waals surface area contributed by atoms with Crippen LogP contribution in [0.15, 0.2) is 47.4 Å². The molecule has 10 heteroatoms. The van der Waals surface area contributed by atoms with Crippen molar-refractivity contribution in [1.82, 2.24) is 4.57 Å². The SMILES string of the molecule is CCOc1ccc(F)c2c(=O)c(-c3ccc(OC)cc3)cn(COP(=O)(OC(C)(C)C)OC(C)(C)C)c12. The molecule has 0 N–H and O–H groups in total. The van der Waals surface area contributed by atoms with E-state index in [1.54, 1.807) is 72.7 Å². The van der Waals surface area contributed by atoms with Gasteiger partial charge in [0.25, 0.3) is 0 Å². The molecular weight excluding hydrogens is 500 g/mol. The van der Waals surface area contributed by atoms with Crippen molar-refractivity contribution in [3.63, 3.8) is 0 Å². The van der Waals surface area contributed by atoms with Crippen molar-refractivity contribution in [1.29, 1.82) is 0 Å². The molecule has 0 radical (unpaired) electrons. The summed E-state index contributed by atoms with van der Waals surface area (Å²) in [6.45, 7) is 12.1. The first-order valence-corrected chi connectivity index (χ1v) is 13.4. The highest BCUT2D eigenvalue weighted by molar-refractivity contribution is 7.48. The number of phosphoric acid groups is 1. The average Bonchev–Trinajstić information content (AvgIpc) is 2.78. The summed E-state index contributed by atoms with van der Waals surface area (Å²) in [5.41, 5.74) is -1.28. The van der Waals surface area contributed by atoms with Gasteiger partial charge in [-0.3, -0.25) is 18.4 Å². The summed E-state index contributed by atoms with van der Waals surface area (Å²) < 4.78 is 58.4. The van der Waals surface area contributed by atoms with Gasteiger partial charge in [-0.05, 0) is 78.3 Å². The van der Waals surface area contributed by atoms with E-state index in [4.69, 9.17) is 23.0 Å². The normalized spacial score (nSPS) is 12.7. The van der Waals surface area contributed by atoms with Crippen LogP contribution in [0.4, 0.5) is 4.39 Å². The maximum atomic E-state index is 15.1. The van der Waals surface area contributed by atoms with Crippen LogP contribution in [0.2, 0.25) is 0 Å². The zero-order valence-electron chi connectivity index (χ0n) is 22.6. The van der Waals surface area contributed by atoms with Crippen LogP contribution in [0.1, 0.15) is 48.5 Å². The maximum Gasteiger partial charge on any atom is 0.477 e. The van der Waals surface area contributed by atoms with Crippen molar-refractivity contribution in [2.24, 2.45) is 0 Å². The number of hydrogen-bond acceptors (Lipinski definition) is 7. The van der Waals surface area contributed by atoms with Crippen LogP contribution in [-0.4, -0.2) is 29.5 Å². The number of benzene rings is 2. The summed E-state index contributed by atoms with van der Waals surface area (Å²) in [5.74, 6) is 0.175. The van der Waals surface area contributed by atoms with Crippen molar-refractivity contribution in [3.05, 3.63) is 58.6 Å². The highest BCUT2D eigenvalue weighted by atomic mass is 31.2. The highest BCUT2D eigenvalue weighted by Crippen LogP contribution is 2.55. The number of pyridine rings is 1. The molecular formula is C27H35FNO7P. The number of rotatable bonds is 9. The van der Waals surface area contributed by atoms with Crippen LogP contribution in [0.3, 0.4) is 0 Å². The topological polar surface area (TPSA) is 85.2 Å². The Labute approximate surface area is 216 Å². The standard InChI is InChI=1S/C27H35FNO7P/c1-9-33-22-15-14-21(28)23-24(22)29(16-20(25(23)30)18-10-12-19(32-8)13-11-18)17-34-37(31,35-26(2,3)4)36-27(5,6)7/h10-16H,9,17H2,1-8H3. The summed E-state index contributed by atoms with van der Waals surface area (Å²) in [5, 5.41) is -0.175. The van der Waals surface area contributed by atoms with Crippen LogP contribution in [0.5, 0.6) is 11.5 Å². The van der Waals surface area contributed by atoms with Crippen molar-refractivity contribution in [3.8, 4) is 22.6 Å². The van der Waals surface area contributed by atoms with Gasteiger partial charge in [-0.2, -0.15) is 0 Å². The molecule has 0 unspecified atom stereocenters. The van der Waals surface area contributed by atoms with Crippen LogP contribution in [0, 0.1) is 5.82 Å². The number of methoxy groups -OCH3 is 1. The quantitative estimate of drug-likeness (QED) is 0.275. The first-order valence-electron chi connectivity index (χ1n) is 12.0. The van der Waals surface area contributed by atoms with E-state index in [1.165, 1.54) is 30.0 Å². The lowest BCUT2D eigenvalue weighted by atomic mass is 10.0. The van der Waals surface area contributed by atoms with Gasteiger partial charge in [0.1, 0.15) is 24.0 Å². The van der Waals surface area contributed by atoms with Gasteiger partial charge in [-0.25, -0.2) is 8.96 Å². The molecule has 1 aromatic heterocycles. The van der Waals surface area contributed by atoms with Gasteiger partial charge < -0.3 is 14.0 Å². The Kier molecular flexibility index (Phi) is 8.54. The Bertz CT molecular complexity index is 1330. The first kappa shape index (κ1) is 28.9. The molecule has 37 heavy (non-hydrogen) atoms. The van der Waals surface area contributed by atoms with Crippen molar-refractivity contribution < 1.29 is 32.0 Å². The van der Waals surface area contributed by atoms with E-state index in [9.17, 15) is 9.36 Å². The van der Waals surface area contributed by atoms with Gasteiger partial charge >= 0.3 is 7.82 Å². The monoisotopic (exact) mass is 535 g/mol. The molecule has 0 bridgehead atoms. The lowest BCUT2D eigenvalue weighted by molar-refractivity contribution is -0.00573. The fraction of sp³-hybridized carbons (Fsp3) is 0.444. The van der Waals surface area contributed by atoms with E-state index in [2.05, 4.69) is 0 Å². The molecule has 0 aliphatic carbocycles. The van der Waals surface area contributed by atoms with E-state index in [0.29, 0.717) is 11.3 Å². The maximum absolute atomic E-state index is 15.1. The number of aromatic nitrogens is 1. The van der Waals surface area contributed by atoms with E-state index in [-0.39, 0.29) is 35.6 Å². The predicted octanol–water partition coefficient (Wildman–Crippen LogP) is 6.93. The fourth-order valence-corrected chi connectivity index (χ4v) is 5.44. The number of fused-ring (bicyclic) bond motifs is 1. The molecule has 0 spiro atoms. The Morgan fingerprint density at radius 2 is 1.54 bits per heavy atom. The summed E-state index contributed by atoms with van der Waals surface area (Å²) in [4.78, 5) is 13.5. The third kappa shape index (κ3) is 7.20. The average molecular weight is 536 g/mol. The summed E-state index contributed by atoms with van der Waals surface area (Å²) in [6.07, 6.45) is 1.52. The Morgan fingerprint density at radius 1 is 0.946 bits per heavy atom. The Morgan fingerprint density at radius 3 is 2.05 bits per heavy atom. The Hall–Kier alpha value is -2.71. The van der Waals surface area contributed by atoms with Gasteiger partial charge in [0, 0.05) is 11.8 Å². The number of halogens is 1. The van der Waals surface area contributed by atoms with Crippen molar-refractivity contribution in [2.75, 3.05) is 13.7 Å². The van der Waals surface area contributed by atoms with Crippen molar-refractivity contribution in [2.45, 2.75) is 66.4 Å². The number of phosphoric ester groups is 1. The lowest BCUT2D eigenvalue weighted by Gasteiger charge is -2.31. The molecule has 0 aliphatic heterocycles. The van der Waals surface area contributed by atoms with Gasteiger partial charge in [-0.15, -0.1) is 0 Å². The van der Waals surface area contributed by atoms with Crippen LogP contribution < -0.4 is 14.9 Å². The molecule has 0 saturated heterocycles. The summed E-state index contributed by atoms with van der Waals surface area (Å²) in [6, 6.07) is 9.44. The minimum atomic E-state index is -4.11. The zero-order valence-corrected chi connectivity index (χ0v) is 23.5. The molecule has 3 rings (SSSR count). The highest BCUT2D eigenvalue weighted by Gasteiger charge is 2.37. The molecule has 202 valence electrons. The molecule has 0 fully saturated rings. The van der Waals surface area contributed by atoms with Gasteiger partial charge in [0.2, 0.25) is 0 Å². The molecule has 0 aliphatic rings. The molecule has 0 saturated carbocycles. The molecule has 3 aromatic rings. The first-order chi connectivity index (χ1) is 17.2. The van der Waals surface area contributed by atoms with Crippen LogP contribution >= 0.6 is 7.82 Å². The largest absolute Gasteiger partial charge is 0.497 e. The summed E-state index contributed by atoms with van der Waals surface area (Å²) in [7, 11) is -2.57.